The lowest BCUT2D eigenvalue weighted by Crippen LogP contribution is -1.79. The topological polar surface area (TPSA) is 30.0 Å². The Labute approximate surface area is 59.8 Å². The van der Waals surface area contributed by atoms with Gasteiger partial charge in [0.25, 0.3) is 0 Å². The molecule has 0 spiro atoms. The number of nitrogens with zero attached hydrogens (tertiary/aromatic N) is 1. The van der Waals surface area contributed by atoms with Crippen LogP contribution in [0.3, 0.4) is 0 Å². The Morgan fingerprint density at radius 2 is 2.00 bits per heavy atom. The van der Waals surface area contributed by atoms with Crippen LogP contribution in [0, 0.1) is 0 Å². The first-order valence-corrected chi connectivity index (χ1v) is 4.26. The normalized spacial score (nSPS) is 13.0. The van der Waals surface area contributed by atoms with Crippen LogP contribution in [0.2, 0.25) is 0 Å². The molecule has 4 heteroatoms. The van der Waals surface area contributed by atoms with E-state index >= 15 is 0 Å². The predicted molar refractivity (Wildman–Crippen MR) is 36.5 cm³/mol. The highest BCUT2D eigenvalue weighted by atomic mass is 35.7. The van der Waals surface area contributed by atoms with Gasteiger partial charge in [0, 0.05) is 12.4 Å². The van der Waals surface area contributed by atoms with Gasteiger partial charge in [-0.15, -0.1) is 0 Å². The number of halogens is 1. The van der Waals surface area contributed by atoms with E-state index in [2.05, 4.69) is 4.98 Å². The van der Waals surface area contributed by atoms with E-state index in [1.807, 2.05) is 0 Å². The summed E-state index contributed by atoms with van der Waals surface area (Å²) in [6.07, 6.45) is 3.10. The van der Waals surface area contributed by atoms with Crippen LogP contribution < -0.4 is 0 Å². The average Bonchev–Trinajstić information content (AvgIpc) is 1.90. The minimum atomic E-state index is -1.40. The van der Waals surface area contributed by atoms with Gasteiger partial charge in [-0.2, -0.15) is 0 Å². The molecule has 48 valence electrons. The second-order valence-corrected chi connectivity index (χ2v) is 3.17. The lowest BCUT2D eigenvalue weighted by molar-refractivity contribution is 0.691. The van der Waals surface area contributed by atoms with Gasteiger partial charge < -0.3 is 0 Å². The van der Waals surface area contributed by atoms with Crippen LogP contribution in [0.5, 0.6) is 0 Å². The highest BCUT2D eigenvalue weighted by Gasteiger charge is 1.94. The Hall–Kier alpha value is -0.410. The van der Waals surface area contributed by atoms with Crippen LogP contribution in [-0.2, 0) is 10.0 Å². The monoisotopic (exact) mass is 161 g/mol. The molecular formula is C5H4ClNOS. The Balaban J connectivity index is 2.98. The molecule has 0 saturated heterocycles. The zero-order valence-electron chi connectivity index (χ0n) is 4.45. The minimum Gasteiger partial charge on any atom is -0.265 e. The fourth-order valence-electron chi connectivity index (χ4n) is 0.445. The molecule has 1 atom stereocenters. The van der Waals surface area contributed by atoms with E-state index in [0.717, 1.165) is 0 Å². The molecule has 0 aliphatic carbocycles. The second-order valence-electron chi connectivity index (χ2n) is 1.41. The summed E-state index contributed by atoms with van der Waals surface area (Å²) in [5.74, 6) is 0. The van der Waals surface area contributed by atoms with Gasteiger partial charge in [-0.25, -0.2) is 4.21 Å². The fourth-order valence-corrected chi connectivity index (χ4v) is 1.09. The van der Waals surface area contributed by atoms with Crippen molar-refractivity contribution in [1.29, 1.82) is 0 Å². The molecule has 0 aliphatic rings. The molecule has 0 amide bonds. The molecule has 0 radical (unpaired) electrons. The van der Waals surface area contributed by atoms with Gasteiger partial charge in [-0.1, -0.05) is 0 Å². The Morgan fingerprint density at radius 3 is 2.33 bits per heavy atom. The average molecular weight is 162 g/mol. The van der Waals surface area contributed by atoms with E-state index in [-0.39, 0.29) is 0 Å². The first kappa shape index (κ1) is 6.71. The van der Waals surface area contributed by atoms with E-state index in [1.165, 1.54) is 0 Å². The number of rotatable bonds is 1. The molecular weight excluding hydrogens is 158 g/mol. The summed E-state index contributed by atoms with van der Waals surface area (Å²) in [4.78, 5) is 4.32. The Bertz CT molecular complexity index is 213. The van der Waals surface area contributed by atoms with Gasteiger partial charge >= 0.3 is 0 Å². The zero-order chi connectivity index (χ0) is 6.69. The van der Waals surface area contributed by atoms with Gasteiger partial charge in [0.05, 0.1) is 4.90 Å². The maximum atomic E-state index is 10.5. The maximum absolute atomic E-state index is 10.5. The number of aromatic nitrogens is 1. The molecule has 1 unspecified atom stereocenters. The van der Waals surface area contributed by atoms with Gasteiger partial charge in [-0.3, -0.25) is 4.98 Å². The van der Waals surface area contributed by atoms with Crippen LogP contribution in [0.4, 0.5) is 0 Å². The lowest BCUT2D eigenvalue weighted by atomic mass is 10.5. The molecule has 0 N–H and O–H groups in total. The van der Waals surface area contributed by atoms with Crippen molar-refractivity contribution in [3.05, 3.63) is 24.5 Å². The zero-order valence-corrected chi connectivity index (χ0v) is 6.02. The summed E-state index contributed by atoms with van der Waals surface area (Å²) in [5, 5.41) is 0. The molecule has 1 rings (SSSR count). The highest BCUT2D eigenvalue weighted by Crippen LogP contribution is 2.05. The molecule has 0 bridgehead atoms. The van der Waals surface area contributed by atoms with Crippen molar-refractivity contribution in [3.8, 4) is 0 Å². The van der Waals surface area contributed by atoms with Gasteiger partial charge in [-0.05, 0) is 22.8 Å². The second kappa shape index (κ2) is 2.94. The van der Waals surface area contributed by atoms with E-state index in [4.69, 9.17) is 10.7 Å². The Morgan fingerprint density at radius 1 is 1.44 bits per heavy atom. The summed E-state index contributed by atoms with van der Waals surface area (Å²) in [6, 6.07) is 3.23. The number of hydrogen-bond donors (Lipinski definition) is 0. The van der Waals surface area contributed by atoms with Crippen LogP contribution in [0.1, 0.15) is 0 Å². The van der Waals surface area contributed by atoms with Gasteiger partial charge in [0.1, 0.15) is 10.0 Å². The van der Waals surface area contributed by atoms with Gasteiger partial charge in [0.2, 0.25) is 0 Å². The first-order chi connectivity index (χ1) is 4.30. The van der Waals surface area contributed by atoms with Crippen molar-refractivity contribution in [2.24, 2.45) is 0 Å². The highest BCUT2D eigenvalue weighted by molar-refractivity contribution is 8.08. The lowest BCUT2D eigenvalue weighted by Gasteiger charge is -1.87. The number of pyridine rings is 1. The third kappa shape index (κ3) is 1.77. The largest absolute Gasteiger partial charge is 0.265 e. The minimum absolute atomic E-state index is 0.590. The molecule has 2 nitrogen and oxygen atoms in total. The van der Waals surface area contributed by atoms with Crippen molar-refractivity contribution in [2.75, 3.05) is 0 Å². The number of hydrogen-bond acceptors (Lipinski definition) is 2. The first-order valence-electron chi connectivity index (χ1n) is 2.29. The van der Waals surface area contributed by atoms with E-state index in [1.54, 1.807) is 24.5 Å². The van der Waals surface area contributed by atoms with E-state index < -0.39 is 10.0 Å². The third-order valence-corrected chi connectivity index (χ3v) is 2.01. The summed E-state index contributed by atoms with van der Waals surface area (Å²) in [7, 11) is 3.85. The van der Waals surface area contributed by atoms with Crippen LogP contribution >= 0.6 is 10.7 Å². The standard InChI is InChI=1S/C5H4ClNOS/c6-9(8)5-1-3-7-4-2-5/h1-4H. The van der Waals surface area contributed by atoms with Gasteiger partial charge in [0.15, 0.2) is 0 Å². The molecule has 1 aromatic heterocycles. The van der Waals surface area contributed by atoms with Crippen LogP contribution in [0.15, 0.2) is 29.4 Å². The molecule has 0 saturated carbocycles. The summed E-state index contributed by atoms with van der Waals surface area (Å²) >= 11 is 0. The van der Waals surface area contributed by atoms with Crippen LogP contribution in [0.25, 0.3) is 0 Å². The predicted octanol–water partition coefficient (Wildman–Crippen LogP) is 1.34. The molecule has 0 aromatic carbocycles. The maximum Gasteiger partial charge on any atom is 0.147 e. The van der Waals surface area contributed by atoms with Crippen molar-refractivity contribution < 1.29 is 4.21 Å². The van der Waals surface area contributed by atoms with Crippen molar-refractivity contribution in [1.82, 2.24) is 4.98 Å². The van der Waals surface area contributed by atoms with E-state index in [0.29, 0.717) is 4.90 Å². The molecule has 9 heavy (non-hydrogen) atoms. The third-order valence-electron chi connectivity index (χ3n) is 0.835. The molecule has 0 aliphatic heterocycles. The molecule has 1 aromatic rings. The van der Waals surface area contributed by atoms with Crippen molar-refractivity contribution in [2.45, 2.75) is 4.90 Å². The Kier molecular flexibility index (Phi) is 2.19. The van der Waals surface area contributed by atoms with E-state index in [9.17, 15) is 4.21 Å². The summed E-state index contributed by atoms with van der Waals surface area (Å²) < 4.78 is 10.5. The SMILES string of the molecule is O=S(Cl)c1ccncc1. The van der Waals surface area contributed by atoms with Crippen molar-refractivity contribution in [3.63, 3.8) is 0 Å². The quantitative estimate of drug-likeness (QED) is 0.582. The fraction of sp³-hybridized carbons (Fsp3) is 0. The summed E-state index contributed by atoms with van der Waals surface area (Å²) in [5.41, 5.74) is 0. The summed E-state index contributed by atoms with van der Waals surface area (Å²) in [6.45, 7) is 0. The molecule has 1 heterocycles. The van der Waals surface area contributed by atoms with Crippen molar-refractivity contribution >= 4 is 20.7 Å². The van der Waals surface area contributed by atoms with Crippen LogP contribution in [-0.4, -0.2) is 9.19 Å². The smallest absolute Gasteiger partial charge is 0.147 e. The molecule has 0 fully saturated rings.